The van der Waals surface area contributed by atoms with Gasteiger partial charge < -0.3 is 25.4 Å². The van der Waals surface area contributed by atoms with Crippen LogP contribution in [0.15, 0.2) is 42.5 Å². The number of carbonyl (C=O) groups excluding carboxylic acids is 4. The van der Waals surface area contributed by atoms with Gasteiger partial charge in [0.25, 0.3) is 11.8 Å². The molecule has 0 radical (unpaired) electrons. The first-order valence-corrected chi connectivity index (χ1v) is 17.2. The summed E-state index contributed by atoms with van der Waals surface area (Å²) in [5, 5.41) is 17.2. The van der Waals surface area contributed by atoms with Crippen LogP contribution in [-0.4, -0.2) is 72.6 Å². The minimum Gasteiger partial charge on any atom is -0.469 e. The zero-order valence-electron chi connectivity index (χ0n) is 28.6. The van der Waals surface area contributed by atoms with Gasteiger partial charge in [-0.05, 0) is 99.6 Å². The minimum absolute atomic E-state index is 0.00167. The Morgan fingerprint density at radius 2 is 1.56 bits per heavy atom. The van der Waals surface area contributed by atoms with Crippen molar-refractivity contribution in [3.05, 3.63) is 70.8 Å². The van der Waals surface area contributed by atoms with E-state index in [4.69, 9.17) is 4.74 Å². The summed E-state index contributed by atoms with van der Waals surface area (Å²) in [6, 6.07) is 8.36. The number of amides is 3. The van der Waals surface area contributed by atoms with Crippen molar-refractivity contribution < 1.29 is 37.8 Å². The number of carbonyl (C=O) groups is 4. The van der Waals surface area contributed by atoms with Crippen molar-refractivity contribution in [3.63, 3.8) is 0 Å². The number of esters is 1. The van der Waals surface area contributed by atoms with Gasteiger partial charge in [-0.25, -0.2) is 8.78 Å². The number of benzene rings is 2. The predicted octanol–water partition coefficient (Wildman–Crippen LogP) is 5.44. The molecule has 0 aromatic heterocycles. The van der Waals surface area contributed by atoms with E-state index in [1.165, 1.54) is 13.2 Å². The van der Waals surface area contributed by atoms with Crippen molar-refractivity contribution in [2.24, 2.45) is 17.8 Å². The molecule has 2 aromatic rings. The number of methoxy groups -OCH3 is 1. The number of hydrogen-bond donors (Lipinski definition) is 3. The van der Waals surface area contributed by atoms with E-state index in [2.05, 4.69) is 10.6 Å². The molecule has 1 aliphatic carbocycles. The summed E-state index contributed by atoms with van der Waals surface area (Å²) in [6.45, 7) is 7.43. The molecule has 0 saturated heterocycles. The molecule has 264 valence electrons. The summed E-state index contributed by atoms with van der Waals surface area (Å²) in [7, 11) is 1.39. The Balaban J connectivity index is 1.73. The normalized spacial score (nSPS) is 17.9. The molecule has 1 aliphatic rings. The first-order valence-electron chi connectivity index (χ1n) is 17.2. The SMILES string of the molecule is CCCN(CCC)C(=O)c1cccc(C(=O)N[C@@H](Cc2cc(F)cc(F)c2)[C@@H](O)C[C@@H](CC)C(=O)NCC2CCC(C(=O)OC)CC2)c1. The second-order valence-electron chi connectivity index (χ2n) is 12.8. The van der Waals surface area contributed by atoms with Gasteiger partial charge in [-0.3, -0.25) is 19.2 Å². The number of nitrogens with one attached hydrogen (secondary N) is 2. The number of ether oxygens (including phenoxy) is 1. The van der Waals surface area contributed by atoms with E-state index in [0.29, 0.717) is 44.5 Å². The molecule has 0 bridgehead atoms. The molecule has 1 fully saturated rings. The third kappa shape index (κ3) is 11.4. The molecule has 0 aliphatic heterocycles. The van der Waals surface area contributed by atoms with E-state index in [1.807, 2.05) is 20.8 Å². The fourth-order valence-electron chi connectivity index (χ4n) is 6.42. The van der Waals surface area contributed by atoms with Gasteiger partial charge in [0.2, 0.25) is 5.91 Å². The minimum atomic E-state index is -1.24. The summed E-state index contributed by atoms with van der Waals surface area (Å²) >= 11 is 0. The van der Waals surface area contributed by atoms with Gasteiger partial charge in [0.1, 0.15) is 11.6 Å². The molecule has 3 rings (SSSR count). The molecule has 0 unspecified atom stereocenters. The highest BCUT2D eigenvalue weighted by atomic mass is 19.1. The highest BCUT2D eigenvalue weighted by Gasteiger charge is 2.30. The first-order chi connectivity index (χ1) is 23.0. The summed E-state index contributed by atoms with van der Waals surface area (Å²) in [5.74, 6) is -3.23. The summed E-state index contributed by atoms with van der Waals surface area (Å²) in [4.78, 5) is 53.5. The van der Waals surface area contributed by atoms with Crippen molar-refractivity contribution >= 4 is 23.7 Å². The molecular weight excluding hydrogens is 620 g/mol. The first kappa shape index (κ1) is 38.6. The highest BCUT2D eigenvalue weighted by Crippen LogP contribution is 2.29. The Hall–Kier alpha value is -3.86. The molecule has 3 N–H and O–H groups in total. The summed E-state index contributed by atoms with van der Waals surface area (Å²) < 4.78 is 33.0. The van der Waals surface area contributed by atoms with E-state index in [0.717, 1.165) is 43.9 Å². The molecule has 0 heterocycles. The lowest BCUT2D eigenvalue weighted by Gasteiger charge is -2.29. The maximum Gasteiger partial charge on any atom is 0.308 e. The zero-order chi connectivity index (χ0) is 35.2. The number of aliphatic hydroxyl groups is 1. The molecule has 1 saturated carbocycles. The van der Waals surface area contributed by atoms with Crippen molar-refractivity contribution in [1.82, 2.24) is 15.5 Å². The molecular formula is C37H51F2N3O6. The van der Waals surface area contributed by atoms with Crippen molar-refractivity contribution in [2.75, 3.05) is 26.7 Å². The standard InChI is InChI=1S/C37H51F2N3O6/c1-5-15-42(16-6-2)36(46)29-10-8-9-28(20-29)35(45)41-32(19-25-17-30(38)22-31(39)18-25)33(43)21-26(7-3)34(44)40-23-24-11-13-27(14-12-24)37(47)48-4/h8-10,17-18,20,22,24,26-27,32-33,43H,5-7,11-16,19,21,23H2,1-4H3,(H,40,44)(H,41,45)/t24?,26-,27?,32+,33+/m1/s1. The number of aliphatic hydroxyl groups excluding tert-OH is 1. The van der Waals surface area contributed by atoms with E-state index < -0.39 is 35.6 Å². The van der Waals surface area contributed by atoms with Gasteiger partial charge in [0, 0.05) is 42.7 Å². The maximum absolute atomic E-state index is 14.1. The Labute approximate surface area is 282 Å². The smallest absolute Gasteiger partial charge is 0.308 e. The van der Waals surface area contributed by atoms with Gasteiger partial charge in [0.15, 0.2) is 0 Å². The fourth-order valence-corrected chi connectivity index (χ4v) is 6.42. The molecule has 48 heavy (non-hydrogen) atoms. The Bertz CT molecular complexity index is 1350. The van der Waals surface area contributed by atoms with E-state index in [9.17, 15) is 33.1 Å². The second-order valence-corrected chi connectivity index (χ2v) is 12.8. The second kappa shape index (κ2) is 19.2. The van der Waals surface area contributed by atoms with Crippen LogP contribution in [0, 0.1) is 29.4 Å². The largest absolute Gasteiger partial charge is 0.469 e. The van der Waals surface area contributed by atoms with E-state index >= 15 is 0 Å². The molecule has 11 heteroatoms. The Morgan fingerprint density at radius 1 is 0.938 bits per heavy atom. The van der Waals surface area contributed by atoms with Gasteiger partial charge in [0.05, 0.1) is 25.2 Å². The third-order valence-electron chi connectivity index (χ3n) is 9.14. The molecule has 0 spiro atoms. The lowest BCUT2D eigenvalue weighted by molar-refractivity contribution is -0.146. The van der Waals surface area contributed by atoms with Gasteiger partial charge >= 0.3 is 5.97 Å². The molecule has 3 amide bonds. The van der Waals surface area contributed by atoms with E-state index in [-0.39, 0.29) is 53.6 Å². The number of rotatable bonds is 17. The number of nitrogens with zero attached hydrogens (tertiary/aromatic N) is 1. The molecule has 3 atom stereocenters. The van der Waals surface area contributed by atoms with Crippen LogP contribution in [0.1, 0.15) is 98.4 Å². The molecule has 2 aromatic carbocycles. The maximum atomic E-state index is 14.1. The number of hydrogen-bond acceptors (Lipinski definition) is 6. The third-order valence-corrected chi connectivity index (χ3v) is 9.14. The highest BCUT2D eigenvalue weighted by molar-refractivity contribution is 5.99. The van der Waals surface area contributed by atoms with Crippen LogP contribution in [0.4, 0.5) is 8.78 Å². The quantitative estimate of drug-likeness (QED) is 0.193. The van der Waals surface area contributed by atoms with Crippen LogP contribution in [-0.2, 0) is 20.7 Å². The van der Waals surface area contributed by atoms with Gasteiger partial charge in [-0.2, -0.15) is 0 Å². The Morgan fingerprint density at radius 3 is 2.15 bits per heavy atom. The van der Waals surface area contributed by atoms with E-state index in [1.54, 1.807) is 23.1 Å². The Kier molecular flexibility index (Phi) is 15.4. The lowest BCUT2D eigenvalue weighted by Crippen LogP contribution is -2.47. The lowest BCUT2D eigenvalue weighted by atomic mass is 9.82. The zero-order valence-corrected chi connectivity index (χ0v) is 28.6. The van der Waals surface area contributed by atoms with Crippen LogP contribution >= 0.6 is 0 Å². The van der Waals surface area contributed by atoms with Crippen LogP contribution < -0.4 is 10.6 Å². The van der Waals surface area contributed by atoms with Crippen molar-refractivity contribution in [1.29, 1.82) is 0 Å². The van der Waals surface area contributed by atoms with Crippen LogP contribution in [0.25, 0.3) is 0 Å². The van der Waals surface area contributed by atoms with Crippen LogP contribution in [0.2, 0.25) is 0 Å². The fraction of sp³-hybridized carbons (Fsp3) is 0.568. The van der Waals surface area contributed by atoms with Gasteiger partial charge in [-0.1, -0.05) is 26.8 Å². The average Bonchev–Trinajstić information content (AvgIpc) is 3.08. The summed E-state index contributed by atoms with van der Waals surface area (Å²) in [6.07, 6.45) is 3.67. The van der Waals surface area contributed by atoms with Crippen LogP contribution in [0.5, 0.6) is 0 Å². The predicted molar refractivity (Wildman–Crippen MR) is 179 cm³/mol. The monoisotopic (exact) mass is 671 g/mol. The molecule has 9 nitrogen and oxygen atoms in total. The summed E-state index contributed by atoms with van der Waals surface area (Å²) in [5.41, 5.74) is 0.786. The van der Waals surface area contributed by atoms with Crippen LogP contribution in [0.3, 0.4) is 0 Å². The van der Waals surface area contributed by atoms with Crippen molar-refractivity contribution in [3.8, 4) is 0 Å². The van der Waals surface area contributed by atoms with Crippen molar-refractivity contribution in [2.45, 2.75) is 90.7 Å². The number of halogens is 2. The topological polar surface area (TPSA) is 125 Å². The van der Waals surface area contributed by atoms with Gasteiger partial charge in [-0.15, -0.1) is 0 Å². The average molecular weight is 672 g/mol.